The van der Waals surface area contributed by atoms with Crippen LogP contribution in [0.5, 0.6) is 0 Å². The van der Waals surface area contributed by atoms with Crippen LogP contribution in [-0.4, -0.2) is 30.7 Å². The summed E-state index contributed by atoms with van der Waals surface area (Å²) < 4.78 is 28.9. The molecule has 2 atom stereocenters. The lowest BCUT2D eigenvalue weighted by atomic mass is 9.78. The van der Waals surface area contributed by atoms with Gasteiger partial charge in [0.2, 0.25) is 0 Å². The number of halogens is 3. The number of quaternary nitrogens is 1. The van der Waals surface area contributed by atoms with Crippen LogP contribution in [0.15, 0.2) is 48.5 Å². The van der Waals surface area contributed by atoms with Crippen molar-refractivity contribution in [1.82, 2.24) is 0 Å². The van der Waals surface area contributed by atoms with Crippen LogP contribution in [0.3, 0.4) is 0 Å². The number of hydrogen-bond donors (Lipinski definition) is 0. The number of hydrogen-bond acceptors (Lipinski definition) is 0. The Morgan fingerprint density at radius 1 is 0.889 bits per heavy atom. The summed E-state index contributed by atoms with van der Waals surface area (Å²) in [7, 11) is 4.74. The first-order chi connectivity index (χ1) is 12.4. The number of benzene rings is 2. The third kappa shape index (κ3) is 4.21. The third-order valence-corrected chi connectivity index (χ3v) is 7.00. The molecule has 4 rings (SSSR count). The molecule has 1 nitrogen and oxygen atoms in total. The van der Waals surface area contributed by atoms with E-state index in [9.17, 15) is 8.78 Å². The highest BCUT2D eigenvalue weighted by molar-refractivity contribution is 5.33. The van der Waals surface area contributed by atoms with Gasteiger partial charge in [0.15, 0.2) is 0 Å². The van der Waals surface area contributed by atoms with Gasteiger partial charge in [-0.15, -0.1) is 0 Å². The average molecular weight is 483 g/mol. The van der Waals surface area contributed by atoms with Gasteiger partial charge in [-0.3, -0.25) is 0 Å². The summed E-state index contributed by atoms with van der Waals surface area (Å²) in [6, 6.07) is 15.2. The largest absolute Gasteiger partial charge is 1.00 e. The van der Waals surface area contributed by atoms with E-state index >= 15 is 0 Å². The fourth-order valence-corrected chi connectivity index (χ4v) is 5.43. The normalized spacial score (nSPS) is 26.0. The monoisotopic (exact) mass is 483 g/mol. The molecule has 2 saturated heterocycles. The summed E-state index contributed by atoms with van der Waals surface area (Å²) in [4.78, 5) is 0. The molecule has 146 valence electrons. The number of piperidine rings is 1. The minimum absolute atomic E-state index is 0. The molecule has 4 heteroatoms. The van der Waals surface area contributed by atoms with Crippen LogP contribution < -0.4 is 24.0 Å². The summed E-state index contributed by atoms with van der Waals surface area (Å²) >= 11 is 0. The van der Waals surface area contributed by atoms with Crippen LogP contribution in [0, 0.1) is 17.6 Å². The van der Waals surface area contributed by atoms with Crippen molar-refractivity contribution in [1.29, 1.82) is 0 Å². The molecule has 0 aliphatic carbocycles. The lowest BCUT2D eigenvalue weighted by molar-refractivity contribution is -0.931. The molecule has 2 aromatic rings. The predicted octanol–water partition coefficient (Wildman–Crippen LogP) is 2.51. The van der Waals surface area contributed by atoms with E-state index in [1.165, 1.54) is 37.8 Å². The molecule has 0 amide bonds. The van der Waals surface area contributed by atoms with Crippen molar-refractivity contribution in [2.45, 2.75) is 50.1 Å². The van der Waals surface area contributed by atoms with Crippen LogP contribution in [0.2, 0.25) is 0 Å². The summed E-state index contributed by atoms with van der Waals surface area (Å²) in [5, 5.41) is 0. The van der Waals surface area contributed by atoms with Crippen molar-refractivity contribution < 1.29 is 37.2 Å². The number of fused-ring (bicyclic) bond motifs is 2. The molecule has 0 saturated carbocycles. The lowest BCUT2D eigenvalue weighted by Crippen LogP contribution is -3.00. The Balaban J connectivity index is 0.00000210. The van der Waals surface area contributed by atoms with Gasteiger partial charge in [0.1, 0.15) is 11.6 Å². The Labute approximate surface area is 178 Å². The maximum atomic E-state index is 13.9. The Morgan fingerprint density at radius 3 is 1.81 bits per heavy atom. The average Bonchev–Trinajstić information content (AvgIpc) is 2.77. The van der Waals surface area contributed by atoms with Crippen LogP contribution in [0.25, 0.3) is 0 Å². The van der Waals surface area contributed by atoms with Crippen molar-refractivity contribution in [3.05, 3.63) is 71.3 Å². The summed E-state index contributed by atoms with van der Waals surface area (Å²) in [6.45, 7) is 0. The van der Waals surface area contributed by atoms with Crippen LogP contribution in [-0.2, 0) is 0 Å². The van der Waals surface area contributed by atoms with E-state index in [4.69, 9.17) is 0 Å². The second-order valence-electron chi connectivity index (χ2n) is 8.75. The van der Waals surface area contributed by atoms with Crippen LogP contribution in [0.4, 0.5) is 8.78 Å². The molecule has 27 heavy (non-hydrogen) atoms. The highest BCUT2D eigenvalue weighted by Gasteiger charge is 2.49. The zero-order valence-corrected chi connectivity index (χ0v) is 18.2. The van der Waals surface area contributed by atoms with Crippen molar-refractivity contribution >= 4 is 0 Å². The Bertz CT molecular complexity index is 730. The Kier molecular flexibility index (Phi) is 6.26. The van der Waals surface area contributed by atoms with Gasteiger partial charge in [-0.2, -0.15) is 0 Å². The molecule has 0 spiro atoms. The maximum Gasteiger partial charge on any atom is 0.123 e. The van der Waals surface area contributed by atoms with E-state index in [0.717, 1.165) is 34.1 Å². The first kappa shape index (κ1) is 20.7. The van der Waals surface area contributed by atoms with E-state index in [1.54, 1.807) is 24.3 Å². The van der Waals surface area contributed by atoms with Crippen molar-refractivity contribution in [2.75, 3.05) is 14.1 Å². The molecule has 2 aliphatic rings. The first-order valence-electron chi connectivity index (χ1n) is 9.77. The fraction of sp³-hybridized carbons (Fsp3) is 0.478. The van der Waals surface area contributed by atoms with E-state index in [-0.39, 0.29) is 41.5 Å². The van der Waals surface area contributed by atoms with Gasteiger partial charge >= 0.3 is 0 Å². The van der Waals surface area contributed by atoms with E-state index in [0.29, 0.717) is 5.92 Å². The number of rotatable bonds is 4. The summed E-state index contributed by atoms with van der Waals surface area (Å²) in [5.74, 6) is 0.241. The molecule has 2 heterocycles. The topological polar surface area (TPSA) is 0 Å². The van der Waals surface area contributed by atoms with Gasteiger partial charge in [0, 0.05) is 31.6 Å². The standard InChI is InChI=1S/C23H28F2N.HI/c1-26(2)21-9-10-22(26)12-16(11-21)13-23(17-5-3-7-19(24)14-17)18-6-4-8-20(25)15-18;/h3-8,14-16,21-23H,9-13H2,1-2H3;1H/q+1;/p-1/t21-,22-;/m0./s1. The van der Waals surface area contributed by atoms with Crippen molar-refractivity contribution in [3.8, 4) is 0 Å². The van der Waals surface area contributed by atoms with Crippen molar-refractivity contribution in [2.24, 2.45) is 5.92 Å². The molecule has 2 fully saturated rings. The van der Waals surface area contributed by atoms with Gasteiger partial charge in [-0.25, -0.2) is 8.78 Å². The smallest absolute Gasteiger partial charge is 0.123 e. The highest BCUT2D eigenvalue weighted by Crippen LogP contribution is 2.46. The maximum absolute atomic E-state index is 13.9. The molecule has 0 aromatic heterocycles. The molecule has 0 N–H and O–H groups in total. The van der Waals surface area contributed by atoms with Crippen LogP contribution in [0.1, 0.15) is 49.1 Å². The van der Waals surface area contributed by atoms with Crippen molar-refractivity contribution in [3.63, 3.8) is 0 Å². The first-order valence-corrected chi connectivity index (χ1v) is 9.77. The van der Waals surface area contributed by atoms with E-state index < -0.39 is 0 Å². The third-order valence-electron chi connectivity index (χ3n) is 7.00. The lowest BCUT2D eigenvalue weighted by Gasteiger charge is -2.45. The SMILES string of the molecule is C[N+]1(C)[C@H]2CC[C@H]1CC(CC(c1cccc(F)c1)c1cccc(F)c1)C2.[I-]. The molecular formula is C23H28F2IN. The van der Waals surface area contributed by atoms with Gasteiger partial charge in [0.05, 0.1) is 26.2 Å². The minimum atomic E-state index is -0.217. The Morgan fingerprint density at radius 2 is 1.37 bits per heavy atom. The molecular weight excluding hydrogens is 455 g/mol. The molecule has 0 radical (unpaired) electrons. The Hall–Kier alpha value is -1.01. The summed E-state index contributed by atoms with van der Waals surface area (Å²) in [6.07, 6.45) is 6.06. The fourth-order valence-electron chi connectivity index (χ4n) is 5.43. The zero-order chi connectivity index (χ0) is 18.3. The molecule has 2 aliphatic heterocycles. The zero-order valence-electron chi connectivity index (χ0n) is 16.0. The quantitative estimate of drug-likeness (QED) is 0.464. The molecule has 0 unspecified atom stereocenters. The number of nitrogens with zero attached hydrogens (tertiary/aromatic N) is 1. The van der Waals surface area contributed by atoms with E-state index in [1.807, 2.05) is 12.1 Å². The second kappa shape index (κ2) is 8.16. The second-order valence-corrected chi connectivity index (χ2v) is 8.75. The predicted molar refractivity (Wildman–Crippen MR) is 101 cm³/mol. The van der Waals surface area contributed by atoms with Gasteiger partial charge in [-0.05, 0) is 47.7 Å². The van der Waals surface area contributed by atoms with Gasteiger partial charge in [-0.1, -0.05) is 24.3 Å². The van der Waals surface area contributed by atoms with Gasteiger partial charge < -0.3 is 28.5 Å². The highest BCUT2D eigenvalue weighted by atomic mass is 127. The minimum Gasteiger partial charge on any atom is -1.00 e. The summed E-state index contributed by atoms with van der Waals surface area (Å²) in [5.41, 5.74) is 1.92. The molecule has 2 aromatic carbocycles. The molecule has 2 bridgehead atoms. The van der Waals surface area contributed by atoms with Crippen LogP contribution >= 0.6 is 0 Å². The van der Waals surface area contributed by atoms with Gasteiger partial charge in [0.25, 0.3) is 0 Å². The van der Waals surface area contributed by atoms with E-state index in [2.05, 4.69) is 14.1 Å².